The zero-order valence-corrected chi connectivity index (χ0v) is 14.7. The number of rotatable bonds is 2. The first kappa shape index (κ1) is 16.8. The molecule has 1 N–H and O–H groups in total. The Morgan fingerprint density at radius 1 is 1.16 bits per heavy atom. The lowest BCUT2D eigenvalue weighted by molar-refractivity contribution is -0.0148. The van der Waals surface area contributed by atoms with Gasteiger partial charge in [0.1, 0.15) is 5.82 Å². The van der Waals surface area contributed by atoms with Gasteiger partial charge in [0.15, 0.2) is 0 Å². The first-order valence-corrected chi connectivity index (χ1v) is 9.52. The molecule has 2 amide bonds. The van der Waals surface area contributed by atoms with Crippen LogP contribution < -0.4 is 5.32 Å². The number of likely N-dealkylation sites (tertiary alicyclic amines) is 1. The monoisotopic (exact) mass is 346 g/mol. The van der Waals surface area contributed by atoms with Crippen LogP contribution in [0.15, 0.2) is 24.3 Å². The number of ether oxygens (including phenoxy) is 1. The van der Waals surface area contributed by atoms with E-state index in [9.17, 15) is 9.18 Å². The highest BCUT2D eigenvalue weighted by Gasteiger charge is 2.38. The smallest absolute Gasteiger partial charge is 0.317 e. The van der Waals surface area contributed by atoms with E-state index < -0.39 is 0 Å². The molecule has 0 unspecified atom stereocenters. The largest absolute Gasteiger partial charge is 0.381 e. The molecule has 4 nitrogen and oxygen atoms in total. The van der Waals surface area contributed by atoms with Crippen LogP contribution in [0.25, 0.3) is 0 Å². The van der Waals surface area contributed by atoms with Crippen LogP contribution >= 0.6 is 0 Å². The third-order valence-corrected chi connectivity index (χ3v) is 6.45. The number of halogens is 1. The summed E-state index contributed by atoms with van der Waals surface area (Å²) < 4.78 is 18.8. The number of urea groups is 1. The number of amides is 2. The lowest BCUT2D eigenvalue weighted by Gasteiger charge is -2.45. The number of nitrogens with zero attached hydrogens (tertiary/aromatic N) is 1. The Labute approximate surface area is 148 Å². The van der Waals surface area contributed by atoms with Crippen molar-refractivity contribution in [1.82, 2.24) is 10.2 Å². The molecule has 25 heavy (non-hydrogen) atoms. The van der Waals surface area contributed by atoms with Gasteiger partial charge in [-0.15, -0.1) is 0 Å². The average molecular weight is 346 g/mol. The molecule has 3 fully saturated rings. The molecule has 1 spiro atoms. The van der Waals surface area contributed by atoms with E-state index in [2.05, 4.69) is 5.32 Å². The van der Waals surface area contributed by atoms with Gasteiger partial charge in [0.2, 0.25) is 0 Å². The van der Waals surface area contributed by atoms with E-state index >= 15 is 0 Å². The first-order valence-electron chi connectivity index (χ1n) is 9.52. The molecule has 3 aliphatic rings. The van der Waals surface area contributed by atoms with Gasteiger partial charge in [0.25, 0.3) is 0 Å². The van der Waals surface area contributed by atoms with Crippen LogP contribution in [0, 0.1) is 11.2 Å². The van der Waals surface area contributed by atoms with E-state index in [1.165, 1.54) is 6.07 Å². The van der Waals surface area contributed by atoms with E-state index in [-0.39, 0.29) is 17.9 Å². The maximum Gasteiger partial charge on any atom is 0.317 e. The highest BCUT2D eigenvalue weighted by atomic mass is 19.1. The van der Waals surface area contributed by atoms with E-state index in [0.29, 0.717) is 11.3 Å². The van der Waals surface area contributed by atoms with Crippen LogP contribution in [0.4, 0.5) is 9.18 Å². The van der Waals surface area contributed by atoms with Gasteiger partial charge >= 0.3 is 6.03 Å². The van der Waals surface area contributed by atoms with Gasteiger partial charge in [-0.3, -0.25) is 0 Å². The second-order valence-electron chi connectivity index (χ2n) is 7.97. The average Bonchev–Trinajstić information content (AvgIpc) is 2.59. The lowest BCUT2D eigenvalue weighted by atomic mass is 9.72. The summed E-state index contributed by atoms with van der Waals surface area (Å²) in [6, 6.07) is 7.12. The minimum Gasteiger partial charge on any atom is -0.381 e. The van der Waals surface area contributed by atoms with E-state index in [0.717, 1.165) is 70.4 Å². The maximum absolute atomic E-state index is 13.3. The molecule has 1 aromatic rings. The fourth-order valence-electron chi connectivity index (χ4n) is 4.52. The molecule has 136 valence electrons. The zero-order chi connectivity index (χ0) is 17.3. The van der Waals surface area contributed by atoms with Gasteiger partial charge in [-0.25, -0.2) is 9.18 Å². The normalized spacial score (nSPS) is 28.4. The molecule has 0 atom stereocenters. The molecule has 0 bridgehead atoms. The van der Waals surface area contributed by atoms with Crippen LogP contribution in [0.2, 0.25) is 0 Å². The Kier molecular flexibility index (Phi) is 4.67. The number of carbonyl (C=O) groups excluding carboxylic acids is 1. The number of benzene rings is 1. The van der Waals surface area contributed by atoms with Crippen molar-refractivity contribution in [2.45, 2.75) is 50.5 Å². The molecule has 1 aliphatic carbocycles. The molecule has 1 saturated carbocycles. The van der Waals surface area contributed by atoms with Crippen LogP contribution in [0.5, 0.6) is 0 Å². The Balaban J connectivity index is 1.23. The van der Waals surface area contributed by atoms with Gasteiger partial charge in [-0.1, -0.05) is 12.1 Å². The van der Waals surface area contributed by atoms with Crippen molar-refractivity contribution >= 4 is 6.03 Å². The number of piperidine rings is 1. The summed E-state index contributed by atoms with van der Waals surface area (Å²) in [6.45, 7) is 3.45. The van der Waals surface area contributed by atoms with Crippen LogP contribution in [0.1, 0.15) is 50.0 Å². The highest BCUT2D eigenvalue weighted by molar-refractivity contribution is 5.74. The number of hydrogen-bond acceptors (Lipinski definition) is 2. The molecular weight excluding hydrogens is 319 g/mol. The quantitative estimate of drug-likeness (QED) is 0.888. The summed E-state index contributed by atoms with van der Waals surface area (Å²) in [5, 5.41) is 3.16. The second-order valence-corrected chi connectivity index (χ2v) is 7.97. The van der Waals surface area contributed by atoms with Crippen molar-refractivity contribution < 1.29 is 13.9 Å². The first-order chi connectivity index (χ1) is 12.1. The fraction of sp³-hybridized carbons (Fsp3) is 0.650. The molecule has 0 aromatic heterocycles. The van der Waals surface area contributed by atoms with Crippen molar-refractivity contribution in [1.29, 1.82) is 0 Å². The van der Waals surface area contributed by atoms with Crippen molar-refractivity contribution in [2.75, 3.05) is 26.3 Å². The van der Waals surface area contributed by atoms with Gasteiger partial charge in [-0.05, 0) is 67.6 Å². The van der Waals surface area contributed by atoms with Crippen LogP contribution in [0.3, 0.4) is 0 Å². The van der Waals surface area contributed by atoms with Crippen molar-refractivity contribution in [3.63, 3.8) is 0 Å². The van der Waals surface area contributed by atoms with Gasteiger partial charge in [0.05, 0.1) is 0 Å². The highest BCUT2D eigenvalue weighted by Crippen LogP contribution is 2.41. The van der Waals surface area contributed by atoms with Gasteiger partial charge in [0, 0.05) is 32.3 Å². The minimum atomic E-state index is -0.180. The molecule has 1 aromatic carbocycles. The maximum atomic E-state index is 13.3. The van der Waals surface area contributed by atoms with Crippen molar-refractivity contribution in [2.24, 2.45) is 5.41 Å². The Morgan fingerprint density at radius 2 is 1.88 bits per heavy atom. The standard InChI is InChI=1S/C20H27FN2O2/c21-17-3-1-2-15(12-17)16-13-18(14-16)22-19(24)23-8-4-20(5-9-23)6-10-25-11-7-20/h1-3,12,16,18H,4-11,13-14H2,(H,22,24). The predicted molar refractivity (Wildman–Crippen MR) is 94.0 cm³/mol. The van der Waals surface area contributed by atoms with E-state index in [4.69, 9.17) is 4.74 Å². The third-order valence-electron chi connectivity index (χ3n) is 6.45. The molecule has 0 radical (unpaired) electrons. The van der Waals surface area contributed by atoms with E-state index in [1.807, 2.05) is 11.0 Å². The molecule has 2 saturated heterocycles. The summed E-state index contributed by atoms with van der Waals surface area (Å²) in [5.74, 6) is 0.188. The Hall–Kier alpha value is -1.62. The molecule has 5 heteroatoms. The second kappa shape index (κ2) is 6.94. The van der Waals surface area contributed by atoms with Crippen LogP contribution in [-0.4, -0.2) is 43.3 Å². The topological polar surface area (TPSA) is 41.6 Å². The number of nitrogens with one attached hydrogen (secondary N) is 1. The zero-order valence-electron chi connectivity index (χ0n) is 14.7. The van der Waals surface area contributed by atoms with Crippen molar-refractivity contribution in [3.05, 3.63) is 35.6 Å². The fourth-order valence-corrected chi connectivity index (χ4v) is 4.52. The van der Waals surface area contributed by atoms with Gasteiger partial charge in [-0.2, -0.15) is 0 Å². The summed E-state index contributed by atoms with van der Waals surface area (Å²) >= 11 is 0. The third kappa shape index (κ3) is 3.66. The van der Waals surface area contributed by atoms with E-state index in [1.54, 1.807) is 12.1 Å². The van der Waals surface area contributed by atoms with Gasteiger partial charge < -0.3 is 15.0 Å². The molecule has 2 heterocycles. The Bertz CT molecular complexity index is 614. The summed E-state index contributed by atoms with van der Waals surface area (Å²) in [7, 11) is 0. The number of carbonyl (C=O) groups is 1. The predicted octanol–water partition coefficient (Wildman–Crippen LogP) is 3.67. The Morgan fingerprint density at radius 3 is 2.56 bits per heavy atom. The SMILES string of the molecule is O=C(NC1CC(c2cccc(F)c2)C1)N1CCC2(CCOCC2)CC1. The minimum absolute atomic E-state index is 0.0737. The lowest BCUT2D eigenvalue weighted by Crippen LogP contribution is -2.53. The molecular formula is C20H27FN2O2. The summed E-state index contributed by atoms with van der Waals surface area (Å²) in [4.78, 5) is 14.5. The number of hydrogen-bond donors (Lipinski definition) is 1. The molecule has 2 aliphatic heterocycles. The molecule has 4 rings (SSSR count). The summed E-state index contributed by atoms with van der Waals surface area (Å²) in [5.41, 5.74) is 1.46. The van der Waals surface area contributed by atoms with Crippen LogP contribution in [-0.2, 0) is 4.74 Å². The summed E-state index contributed by atoms with van der Waals surface area (Å²) in [6.07, 6.45) is 6.29. The van der Waals surface area contributed by atoms with Crippen molar-refractivity contribution in [3.8, 4) is 0 Å².